The molecule has 0 spiro atoms. The molecule has 0 amide bonds. The average Bonchev–Trinajstić information content (AvgIpc) is 2.12. The molecule has 1 N–H and O–H groups in total. The van der Waals surface area contributed by atoms with Gasteiger partial charge in [-0.15, -0.1) is 9.24 Å². The first kappa shape index (κ1) is 12.4. The van der Waals surface area contributed by atoms with Crippen molar-refractivity contribution < 1.29 is 5.11 Å². The Hall–Kier alpha value is 0.390. The van der Waals surface area contributed by atoms with Crippen LogP contribution in [0.5, 0.6) is 0 Å². The highest BCUT2D eigenvalue weighted by Crippen LogP contribution is 2.25. The molecule has 2 heteroatoms. The fourth-order valence-corrected chi connectivity index (χ4v) is 1.88. The van der Waals surface area contributed by atoms with E-state index in [9.17, 15) is 5.11 Å². The van der Waals surface area contributed by atoms with Gasteiger partial charge in [-0.25, -0.2) is 0 Å². The molecule has 0 bridgehead atoms. The van der Waals surface area contributed by atoms with Crippen molar-refractivity contribution in [1.29, 1.82) is 0 Å². The summed E-state index contributed by atoms with van der Waals surface area (Å²) in [6, 6.07) is 0. The van der Waals surface area contributed by atoms with Crippen LogP contribution in [0.1, 0.15) is 34.1 Å². The van der Waals surface area contributed by atoms with E-state index in [1.54, 1.807) is 0 Å². The number of aliphatic hydroxyl groups is 1. The fourth-order valence-electron chi connectivity index (χ4n) is 1.46. The lowest BCUT2D eigenvalue weighted by atomic mass is 9.82. The van der Waals surface area contributed by atoms with E-state index in [1.165, 1.54) is 0 Å². The summed E-state index contributed by atoms with van der Waals surface area (Å²) in [6.07, 6.45) is 1.87. The van der Waals surface area contributed by atoms with Gasteiger partial charge in [0.1, 0.15) is 0 Å². The predicted octanol–water partition coefficient (Wildman–Crippen LogP) is 2.54. The SMILES string of the molecule is CCC(O)C(C)C(C)C(C)CP. The monoisotopic (exact) mass is 190 g/mol. The van der Waals surface area contributed by atoms with Crippen molar-refractivity contribution in [2.45, 2.75) is 40.2 Å². The normalized spacial score (nSPS) is 21.5. The summed E-state index contributed by atoms with van der Waals surface area (Å²) in [4.78, 5) is 0. The van der Waals surface area contributed by atoms with Crippen LogP contribution in [0.25, 0.3) is 0 Å². The van der Waals surface area contributed by atoms with E-state index in [0.717, 1.165) is 12.6 Å². The van der Waals surface area contributed by atoms with Crippen LogP contribution in [0.4, 0.5) is 0 Å². The second-order valence-electron chi connectivity index (χ2n) is 3.91. The second-order valence-corrected chi connectivity index (χ2v) is 4.38. The Morgan fingerprint density at radius 3 is 2.00 bits per heavy atom. The molecule has 0 aliphatic carbocycles. The van der Waals surface area contributed by atoms with Crippen molar-refractivity contribution in [3.05, 3.63) is 0 Å². The van der Waals surface area contributed by atoms with Crippen LogP contribution in [0.3, 0.4) is 0 Å². The van der Waals surface area contributed by atoms with Crippen LogP contribution >= 0.6 is 9.24 Å². The lowest BCUT2D eigenvalue weighted by molar-refractivity contribution is 0.0707. The highest BCUT2D eigenvalue weighted by molar-refractivity contribution is 7.16. The second kappa shape index (κ2) is 5.94. The van der Waals surface area contributed by atoms with Crippen LogP contribution < -0.4 is 0 Å². The molecule has 0 saturated carbocycles. The Morgan fingerprint density at radius 1 is 1.17 bits per heavy atom. The van der Waals surface area contributed by atoms with Crippen LogP contribution in [-0.2, 0) is 0 Å². The lowest BCUT2D eigenvalue weighted by Gasteiger charge is -2.28. The fraction of sp³-hybridized carbons (Fsp3) is 1.00. The maximum Gasteiger partial charge on any atom is 0.0565 e. The first-order valence-corrected chi connectivity index (χ1v) is 5.74. The molecule has 0 aromatic carbocycles. The molecule has 0 saturated heterocycles. The summed E-state index contributed by atoms with van der Waals surface area (Å²) in [5, 5.41) is 9.63. The molecule has 0 heterocycles. The standard InChI is InChI=1S/C10H23OP/c1-5-10(11)9(4)8(3)7(2)6-12/h7-11H,5-6,12H2,1-4H3. The molecule has 0 rings (SSSR count). The maximum atomic E-state index is 9.63. The van der Waals surface area contributed by atoms with Gasteiger partial charge in [0.25, 0.3) is 0 Å². The summed E-state index contributed by atoms with van der Waals surface area (Å²) in [7, 11) is 2.77. The molecule has 0 aliphatic rings. The van der Waals surface area contributed by atoms with Gasteiger partial charge in [0.15, 0.2) is 0 Å². The van der Waals surface area contributed by atoms with Gasteiger partial charge in [0, 0.05) is 0 Å². The van der Waals surface area contributed by atoms with Gasteiger partial charge in [-0.3, -0.25) is 0 Å². The number of aliphatic hydroxyl groups excluding tert-OH is 1. The Bertz CT molecular complexity index is 102. The third-order valence-corrected chi connectivity index (χ3v) is 3.87. The van der Waals surface area contributed by atoms with E-state index < -0.39 is 0 Å². The van der Waals surface area contributed by atoms with E-state index in [-0.39, 0.29) is 6.10 Å². The molecule has 0 aromatic rings. The van der Waals surface area contributed by atoms with Gasteiger partial charge >= 0.3 is 0 Å². The zero-order valence-corrected chi connectivity index (χ0v) is 9.90. The first-order valence-electron chi connectivity index (χ1n) is 4.92. The predicted molar refractivity (Wildman–Crippen MR) is 58.4 cm³/mol. The zero-order chi connectivity index (χ0) is 9.72. The Balaban J connectivity index is 3.99. The van der Waals surface area contributed by atoms with Crippen LogP contribution in [0.15, 0.2) is 0 Å². The van der Waals surface area contributed by atoms with E-state index in [4.69, 9.17) is 0 Å². The van der Waals surface area contributed by atoms with E-state index in [1.807, 2.05) is 6.92 Å². The topological polar surface area (TPSA) is 20.2 Å². The van der Waals surface area contributed by atoms with Crippen molar-refractivity contribution in [2.24, 2.45) is 17.8 Å². The summed E-state index contributed by atoms with van der Waals surface area (Å²) in [5.41, 5.74) is 0. The van der Waals surface area contributed by atoms with Crippen LogP contribution in [0.2, 0.25) is 0 Å². The van der Waals surface area contributed by atoms with E-state index in [0.29, 0.717) is 17.8 Å². The molecule has 74 valence electrons. The maximum absolute atomic E-state index is 9.63. The number of hydrogen-bond acceptors (Lipinski definition) is 1. The molecule has 0 aromatic heterocycles. The third-order valence-electron chi connectivity index (χ3n) is 3.12. The average molecular weight is 190 g/mol. The molecule has 1 nitrogen and oxygen atoms in total. The van der Waals surface area contributed by atoms with Gasteiger partial charge in [0.05, 0.1) is 6.10 Å². The highest BCUT2D eigenvalue weighted by atomic mass is 31.0. The minimum absolute atomic E-state index is 0.126. The first-order chi connectivity index (χ1) is 5.54. The van der Waals surface area contributed by atoms with Crippen molar-refractivity contribution >= 4 is 9.24 Å². The summed E-state index contributed by atoms with van der Waals surface area (Å²) >= 11 is 0. The molecular formula is C10H23OP. The van der Waals surface area contributed by atoms with Crippen molar-refractivity contribution in [3.63, 3.8) is 0 Å². The van der Waals surface area contributed by atoms with Crippen LogP contribution in [0, 0.1) is 17.8 Å². The Labute approximate surface area is 79.1 Å². The Morgan fingerprint density at radius 2 is 1.67 bits per heavy atom. The van der Waals surface area contributed by atoms with Crippen molar-refractivity contribution in [1.82, 2.24) is 0 Å². The minimum atomic E-state index is -0.126. The largest absolute Gasteiger partial charge is 0.393 e. The number of hydrogen-bond donors (Lipinski definition) is 1. The summed E-state index contributed by atoms with van der Waals surface area (Å²) in [6.45, 7) is 8.67. The molecule has 5 unspecified atom stereocenters. The minimum Gasteiger partial charge on any atom is -0.393 e. The van der Waals surface area contributed by atoms with Gasteiger partial charge in [0.2, 0.25) is 0 Å². The molecule has 5 atom stereocenters. The summed E-state index contributed by atoms with van der Waals surface area (Å²) in [5.74, 6) is 1.72. The molecule has 12 heavy (non-hydrogen) atoms. The van der Waals surface area contributed by atoms with Gasteiger partial charge in [-0.1, -0.05) is 27.7 Å². The molecule has 0 fully saturated rings. The number of rotatable bonds is 5. The van der Waals surface area contributed by atoms with Gasteiger partial charge < -0.3 is 5.11 Å². The van der Waals surface area contributed by atoms with Gasteiger partial charge in [-0.05, 0) is 30.3 Å². The van der Waals surface area contributed by atoms with Crippen LogP contribution in [-0.4, -0.2) is 17.4 Å². The zero-order valence-electron chi connectivity index (χ0n) is 8.75. The van der Waals surface area contributed by atoms with E-state index >= 15 is 0 Å². The molecule has 0 aliphatic heterocycles. The molecule has 0 radical (unpaired) electrons. The third kappa shape index (κ3) is 3.41. The van der Waals surface area contributed by atoms with Crippen molar-refractivity contribution in [2.75, 3.05) is 6.16 Å². The van der Waals surface area contributed by atoms with Crippen molar-refractivity contribution in [3.8, 4) is 0 Å². The van der Waals surface area contributed by atoms with E-state index in [2.05, 4.69) is 30.0 Å². The smallest absolute Gasteiger partial charge is 0.0565 e. The molecular weight excluding hydrogens is 167 g/mol. The van der Waals surface area contributed by atoms with Gasteiger partial charge in [-0.2, -0.15) is 0 Å². The Kier molecular flexibility index (Phi) is 6.13. The lowest BCUT2D eigenvalue weighted by Crippen LogP contribution is -2.27. The highest BCUT2D eigenvalue weighted by Gasteiger charge is 2.22. The summed E-state index contributed by atoms with van der Waals surface area (Å²) < 4.78 is 0. The quantitative estimate of drug-likeness (QED) is 0.660.